The van der Waals surface area contributed by atoms with Crippen molar-refractivity contribution in [2.75, 3.05) is 10.6 Å². The smallest absolute Gasteiger partial charge is 0.266 e. The van der Waals surface area contributed by atoms with Crippen LogP contribution in [0.15, 0.2) is 53.1 Å². The number of rotatable bonds is 6. The van der Waals surface area contributed by atoms with Crippen molar-refractivity contribution < 1.29 is 9.59 Å². The molecule has 1 aliphatic rings. The molecule has 0 atom stereocenters. The van der Waals surface area contributed by atoms with E-state index in [1.807, 2.05) is 24.3 Å². The van der Waals surface area contributed by atoms with Crippen molar-refractivity contribution in [2.45, 2.75) is 19.4 Å². The topological polar surface area (TPSA) is 76.0 Å². The highest BCUT2D eigenvalue weighted by atomic mass is 79.9. The Labute approximate surface area is 168 Å². The van der Waals surface area contributed by atoms with E-state index in [-0.39, 0.29) is 17.7 Å². The van der Waals surface area contributed by atoms with Crippen molar-refractivity contribution >= 4 is 49.9 Å². The molecule has 2 N–H and O–H groups in total. The van der Waals surface area contributed by atoms with Gasteiger partial charge in [-0.2, -0.15) is 5.10 Å². The molecule has 1 aliphatic carbocycles. The van der Waals surface area contributed by atoms with E-state index >= 15 is 0 Å². The first kappa shape index (κ1) is 17.9. The fourth-order valence-corrected chi connectivity index (χ4v) is 3.84. The number of carbonyl (C=O) groups excluding carboxylic acids is 2. The molecule has 4 rings (SSSR count). The number of benzene rings is 1. The zero-order valence-corrected chi connectivity index (χ0v) is 16.7. The summed E-state index contributed by atoms with van der Waals surface area (Å²) in [4.78, 5) is 24.9. The van der Waals surface area contributed by atoms with Crippen LogP contribution in [-0.2, 0) is 11.3 Å². The van der Waals surface area contributed by atoms with Crippen LogP contribution >= 0.6 is 27.3 Å². The van der Waals surface area contributed by atoms with Gasteiger partial charge < -0.3 is 10.6 Å². The number of amides is 2. The number of nitrogens with zero attached hydrogens (tertiary/aromatic N) is 2. The van der Waals surface area contributed by atoms with Crippen LogP contribution in [0.2, 0.25) is 0 Å². The second kappa shape index (κ2) is 7.66. The Hall–Kier alpha value is -2.45. The van der Waals surface area contributed by atoms with Crippen LogP contribution in [0, 0.1) is 5.92 Å². The molecule has 0 spiro atoms. The van der Waals surface area contributed by atoms with E-state index in [9.17, 15) is 9.59 Å². The van der Waals surface area contributed by atoms with Crippen LogP contribution in [0.5, 0.6) is 0 Å². The summed E-state index contributed by atoms with van der Waals surface area (Å²) < 4.78 is 2.73. The molecular weight excluding hydrogens is 428 g/mol. The summed E-state index contributed by atoms with van der Waals surface area (Å²) in [5, 5.41) is 10.7. The molecule has 1 aromatic carbocycles. The summed E-state index contributed by atoms with van der Waals surface area (Å²) in [7, 11) is 0. The van der Waals surface area contributed by atoms with Crippen LogP contribution in [-0.4, -0.2) is 21.6 Å². The van der Waals surface area contributed by atoms with Crippen LogP contribution in [0.25, 0.3) is 0 Å². The fraction of sp³-hybridized carbons (Fsp3) is 0.211. The monoisotopic (exact) mass is 444 g/mol. The minimum Gasteiger partial charge on any atom is -0.317 e. The van der Waals surface area contributed by atoms with Gasteiger partial charge in [-0.05, 0) is 36.6 Å². The normalized spacial score (nSPS) is 13.4. The molecule has 2 amide bonds. The van der Waals surface area contributed by atoms with E-state index in [0.717, 1.165) is 22.9 Å². The van der Waals surface area contributed by atoms with Gasteiger partial charge in [-0.1, -0.05) is 34.1 Å². The van der Waals surface area contributed by atoms with Crippen molar-refractivity contribution in [3.8, 4) is 0 Å². The number of hydrogen-bond acceptors (Lipinski definition) is 4. The van der Waals surface area contributed by atoms with Gasteiger partial charge in [0.05, 0.1) is 22.6 Å². The SMILES string of the molecule is O=C(Nc1ccnn1Cc1ccccc1Br)c1ccc(NC(=O)C2CC2)s1. The Bertz CT molecular complexity index is 993. The highest BCUT2D eigenvalue weighted by Crippen LogP contribution is 2.31. The summed E-state index contributed by atoms with van der Waals surface area (Å²) in [6, 6.07) is 13.1. The second-order valence-electron chi connectivity index (χ2n) is 6.35. The lowest BCUT2D eigenvalue weighted by Crippen LogP contribution is -2.15. The lowest BCUT2D eigenvalue weighted by Gasteiger charge is -2.09. The van der Waals surface area contributed by atoms with E-state index in [0.29, 0.717) is 22.2 Å². The van der Waals surface area contributed by atoms with E-state index < -0.39 is 0 Å². The van der Waals surface area contributed by atoms with Crippen LogP contribution < -0.4 is 10.6 Å². The zero-order chi connectivity index (χ0) is 18.8. The Balaban J connectivity index is 1.43. The lowest BCUT2D eigenvalue weighted by atomic mass is 10.2. The van der Waals surface area contributed by atoms with Crippen molar-refractivity contribution in [1.29, 1.82) is 0 Å². The number of nitrogens with one attached hydrogen (secondary N) is 2. The van der Waals surface area contributed by atoms with Gasteiger partial charge >= 0.3 is 0 Å². The first-order valence-corrected chi connectivity index (χ1v) is 10.2. The predicted octanol–water partition coefficient (Wildman–Crippen LogP) is 4.36. The number of halogens is 1. The molecule has 0 bridgehead atoms. The van der Waals surface area contributed by atoms with Crippen LogP contribution in [0.1, 0.15) is 28.1 Å². The van der Waals surface area contributed by atoms with Gasteiger partial charge in [0.2, 0.25) is 5.91 Å². The van der Waals surface area contributed by atoms with Gasteiger partial charge in [-0.15, -0.1) is 11.3 Å². The quantitative estimate of drug-likeness (QED) is 0.592. The van der Waals surface area contributed by atoms with E-state index in [1.165, 1.54) is 11.3 Å². The molecule has 27 heavy (non-hydrogen) atoms. The van der Waals surface area contributed by atoms with Gasteiger partial charge in [0.1, 0.15) is 5.82 Å². The molecule has 0 unspecified atom stereocenters. The average molecular weight is 445 g/mol. The lowest BCUT2D eigenvalue weighted by molar-refractivity contribution is -0.117. The minimum atomic E-state index is -0.221. The largest absolute Gasteiger partial charge is 0.317 e. The van der Waals surface area contributed by atoms with E-state index in [2.05, 4.69) is 31.7 Å². The molecule has 0 radical (unpaired) electrons. The number of anilines is 2. The van der Waals surface area contributed by atoms with Crippen molar-refractivity contribution in [2.24, 2.45) is 5.92 Å². The third-order valence-corrected chi connectivity index (χ3v) is 6.03. The van der Waals surface area contributed by atoms with E-state index in [1.54, 1.807) is 29.1 Å². The maximum atomic E-state index is 12.6. The van der Waals surface area contributed by atoms with Gasteiger partial charge in [0.15, 0.2) is 0 Å². The number of carbonyl (C=O) groups is 2. The van der Waals surface area contributed by atoms with Gasteiger partial charge in [-0.3, -0.25) is 9.59 Å². The van der Waals surface area contributed by atoms with Gasteiger partial charge in [0, 0.05) is 16.5 Å². The first-order valence-electron chi connectivity index (χ1n) is 8.57. The maximum Gasteiger partial charge on any atom is 0.266 e. The van der Waals surface area contributed by atoms with Crippen molar-refractivity contribution in [3.63, 3.8) is 0 Å². The highest BCUT2D eigenvalue weighted by Gasteiger charge is 2.29. The first-order chi connectivity index (χ1) is 13.1. The Morgan fingerprint density at radius 3 is 2.74 bits per heavy atom. The molecule has 0 aliphatic heterocycles. The van der Waals surface area contributed by atoms with Crippen molar-refractivity contribution in [1.82, 2.24) is 9.78 Å². The Kier molecular flexibility index (Phi) is 5.09. The predicted molar refractivity (Wildman–Crippen MR) is 109 cm³/mol. The zero-order valence-electron chi connectivity index (χ0n) is 14.3. The molecule has 1 fully saturated rings. The summed E-state index contributed by atoms with van der Waals surface area (Å²) in [6.07, 6.45) is 3.56. The van der Waals surface area contributed by atoms with Crippen LogP contribution in [0.3, 0.4) is 0 Å². The van der Waals surface area contributed by atoms with Crippen LogP contribution in [0.4, 0.5) is 10.8 Å². The molecule has 8 heteroatoms. The summed E-state index contributed by atoms with van der Waals surface area (Å²) in [5.74, 6) is 0.569. The maximum absolute atomic E-state index is 12.6. The molecule has 6 nitrogen and oxygen atoms in total. The summed E-state index contributed by atoms with van der Waals surface area (Å²) in [5.41, 5.74) is 1.07. The number of hydrogen-bond donors (Lipinski definition) is 2. The number of aromatic nitrogens is 2. The average Bonchev–Trinajstić information content (AvgIpc) is 3.27. The second-order valence-corrected chi connectivity index (χ2v) is 8.29. The molecule has 3 aromatic rings. The van der Waals surface area contributed by atoms with Gasteiger partial charge in [0.25, 0.3) is 5.91 Å². The number of thiophene rings is 1. The third kappa shape index (κ3) is 4.28. The Morgan fingerprint density at radius 2 is 1.96 bits per heavy atom. The summed E-state index contributed by atoms with van der Waals surface area (Å²) >= 11 is 4.80. The third-order valence-electron chi connectivity index (χ3n) is 4.26. The van der Waals surface area contributed by atoms with Crippen molar-refractivity contribution in [3.05, 3.63) is 63.6 Å². The minimum absolute atomic E-state index is 0.0373. The van der Waals surface area contributed by atoms with E-state index in [4.69, 9.17) is 0 Å². The summed E-state index contributed by atoms with van der Waals surface area (Å²) in [6.45, 7) is 0.539. The Morgan fingerprint density at radius 1 is 1.15 bits per heavy atom. The molecule has 138 valence electrons. The standard InChI is InChI=1S/C19H17BrN4O2S/c20-14-4-2-1-3-13(14)11-24-16(9-10-21-24)22-19(26)15-7-8-17(27-15)23-18(25)12-5-6-12/h1-4,7-10,12H,5-6,11H2,(H,22,26)(H,23,25). The molecule has 0 saturated heterocycles. The fourth-order valence-electron chi connectivity index (χ4n) is 2.63. The van der Waals surface area contributed by atoms with Gasteiger partial charge in [-0.25, -0.2) is 4.68 Å². The molecule has 2 aromatic heterocycles. The highest BCUT2D eigenvalue weighted by molar-refractivity contribution is 9.10. The molecular formula is C19H17BrN4O2S. The molecule has 2 heterocycles. The molecule has 1 saturated carbocycles.